The third kappa shape index (κ3) is 2.83. The number of carboxylic acids is 1. The molecule has 0 bridgehead atoms. The van der Waals surface area contributed by atoms with E-state index < -0.39 is 23.8 Å². The zero-order valence-corrected chi connectivity index (χ0v) is 14.4. The van der Waals surface area contributed by atoms with Crippen LogP contribution in [-0.4, -0.2) is 38.9 Å². The molecule has 0 unspecified atom stereocenters. The fourth-order valence-electron chi connectivity index (χ4n) is 2.70. The van der Waals surface area contributed by atoms with Gasteiger partial charge in [-0.05, 0) is 24.3 Å². The van der Waals surface area contributed by atoms with Gasteiger partial charge in [-0.25, -0.2) is 9.59 Å². The number of aromatic nitrogens is 3. The van der Waals surface area contributed by atoms with E-state index in [-0.39, 0.29) is 5.75 Å². The van der Waals surface area contributed by atoms with Gasteiger partial charge in [-0.15, -0.1) is 0 Å². The van der Waals surface area contributed by atoms with E-state index in [0.717, 1.165) is 4.57 Å². The molecular formula is C17H17N3O6. The van der Waals surface area contributed by atoms with Crippen LogP contribution in [0.3, 0.4) is 0 Å². The Morgan fingerprint density at radius 1 is 1.15 bits per heavy atom. The van der Waals surface area contributed by atoms with E-state index in [2.05, 4.69) is 4.98 Å². The molecule has 0 radical (unpaired) electrons. The van der Waals surface area contributed by atoms with Crippen molar-refractivity contribution in [2.45, 2.75) is 0 Å². The molecule has 0 saturated heterocycles. The number of aliphatic carboxylic acids is 1. The predicted molar refractivity (Wildman–Crippen MR) is 93.9 cm³/mol. The monoisotopic (exact) mass is 359 g/mol. The second kappa shape index (κ2) is 6.43. The van der Waals surface area contributed by atoms with Crippen LogP contribution >= 0.6 is 0 Å². The van der Waals surface area contributed by atoms with E-state index in [1.165, 1.54) is 18.7 Å². The number of methoxy groups -OCH3 is 1. The summed E-state index contributed by atoms with van der Waals surface area (Å²) in [7, 11) is 4.45. The van der Waals surface area contributed by atoms with Crippen LogP contribution in [0.1, 0.15) is 0 Å². The molecule has 0 atom stereocenters. The minimum atomic E-state index is -1.09. The zero-order chi connectivity index (χ0) is 19.0. The Morgan fingerprint density at radius 2 is 1.88 bits per heavy atom. The molecule has 9 heteroatoms. The smallest absolute Gasteiger partial charge is 0.341 e. The van der Waals surface area contributed by atoms with Gasteiger partial charge in [0.2, 0.25) is 0 Å². The molecule has 0 fully saturated rings. The lowest BCUT2D eigenvalue weighted by Crippen LogP contribution is -2.36. The number of carbonyl (C=O) groups is 1. The SMILES string of the molecule is COc1cc(-c2cc3c([nH]2)c(=O)n(C)c(=O)n3C)ccc1OCC(=O)O. The van der Waals surface area contributed by atoms with Gasteiger partial charge >= 0.3 is 11.7 Å². The Morgan fingerprint density at radius 3 is 2.54 bits per heavy atom. The Bertz CT molecular complexity index is 1120. The molecular weight excluding hydrogens is 342 g/mol. The van der Waals surface area contributed by atoms with Crippen molar-refractivity contribution < 1.29 is 19.4 Å². The molecule has 2 heterocycles. The summed E-state index contributed by atoms with van der Waals surface area (Å²) in [6, 6.07) is 6.64. The lowest BCUT2D eigenvalue weighted by Gasteiger charge is -2.10. The van der Waals surface area contributed by atoms with E-state index in [1.807, 2.05) is 0 Å². The minimum Gasteiger partial charge on any atom is -0.493 e. The maximum absolute atomic E-state index is 12.3. The van der Waals surface area contributed by atoms with Crippen LogP contribution in [0.25, 0.3) is 22.3 Å². The summed E-state index contributed by atoms with van der Waals surface area (Å²) in [4.78, 5) is 38.0. The molecule has 1 aromatic carbocycles. The van der Waals surface area contributed by atoms with Crippen molar-refractivity contribution >= 4 is 17.0 Å². The topological polar surface area (TPSA) is 116 Å². The molecule has 2 N–H and O–H groups in total. The van der Waals surface area contributed by atoms with Crippen LogP contribution in [0.4, 0.5) is 0 Å². The fraction of sp³-hybridized carbons (Fsp3) is 0.235. The van der Waals surface area contributed by atoms with E-state index in [4.69, 9.17) is 14.6 Å². The van der Waals surface area contributed by atoms with E-state index >= 15 is 0 Å². The summed E-state index contributed by atoms with van der Waals surface area (Å²) in [6.07, 6.45) is 0. The largest absolute Gasteiger partial charge is 0.493 e. The summed E-state index contributed by atoms with van der Waals surface area (Å²) in [5.74, 6) is -0.453. The molecule has 0 amide bonds. The van der Waals surface area contributed by atoms with Crippen LogP contribution in [0, 0.1) is 0 Å². The van der Waals surface area contributed by atoms with E-state index in [9.17, 15) is 14.4 Å². The predicted octanol–water partition coefficient (Wildman–Crippen LogP) is 0.704. The maximum Gasteiger partial charge on any atom is 0.341 e. The number of rotatable bonds is 5. The van der Waals surface area contributed by atoms with Crippen LogP contribution < -0.4 is 20.7 Å². The van der Waals surface area contributed by atoms with Gasteiger partial charge in [0, 0.05) is 25.4 Å². The molecule has 0 saturated carbocycles. The average molecular weight is 359 g/mol. The number of aryl methyl sites for hydroxylation is 1. The standard InChI is InChI=1S/C17H17N3O6/c1-19-11-7-10(18-15(11)16(23)20(2)17(19)24)9-4-5-12(13(6-9)25-3)26-8-14(21)22/h4-7,18H,8H2,1-3H3,(H,21,22). The molecule has 0 aliphatic carbocycles. The van der Waals surface area contributed by atoms with Crippen LogP contribution in [-0.2, 0) is 18.9 Å². The van der Waals surface area contributed by atoms with Gasteiger partial charge in [-0.2, -0.15) is 0 Å². The van der Waals surface area contributed by atoms with Crippen molar-refractivity contribution in [3.05, 3.63) is 45.1 Å². The van der Waals surface area contributed by atoms with Gasteiger partial charge in [0.1, 0.15) is 5.52 Å². The number of nitrogens with one attached hydrogen (secondary N) is 1. The summed E-state index contributed by atoms with van der Waals surface area (Å²) >= 11 is 0. The molecule has 9 nitrogen and oxygen atoms in total. The first-order valence-corrected chi connectivity index (χ1v) is 7.65. The number of H-pyrrole nitrogens is 1. The number of fused-ring (bicyclic) bond motifs is 1. The number of benzene rings is 1. The van der Waals surface area contributed by atoms with Gasteiger partial charge in [0.25, 0.3) is 5.56 Å². The highest BCUT2D eigenvalue weighted by Crippen LogP contribution is 2.32. The van der Waals surface area contributed by atoms with E-state index in [1.54, 1.807) is 31.3 Å². The van der Waals surface area contributed by atoms with Gasteiger partial charge in [-0.1, -0.05) is 0 Å². The summed E-state index contributed by atoms with van der Waals surface area (Å²) in [6.45, 7) is -0.486. The van der Waals surface area contributed by atoms with Crippen molar-refractivity contribution in [3.8, 4) is 22.8 Å². The minimum absolute atomic E-state index is 0.290. The van der Waals surface area contributed by atoms with Gasteiger partial charge in [0.15, 0.2) is 18.1 Å². The zero-order valence-electron chi connectivity index (χ0n) is 14.4. The summed E-state index contributed by atoms with van der Waals surface area (Å²) in [5.41, 5.74) is 1.27. The number of hydrogen-bond acceptors (Lipinski definition) is 5. The molecule has 0 spiro atoms. The molecule has 26 heavy (non-hydrogen) atoms. The highest BCUT2D eigenvalue weighted by molar-refractivity contribution is 5.82. The van der Waals surface area contributed by atoms with Gasteiger partial charge in [0.05, 0.1) is 12.6 Å². The fourth-order valence-corrected chi connectivity index (χ4v) is 2.70. The molecule has 2 aromatic heterocycles. The number of hydrogen-bond donors (Lipinski definition) is 2. The Hall–Kier alpha value is -3.49. The molecule has 3 aromatic rings. The second-order valence-electron chi connectivity index (χ2n) is 5.70. The van der Waals surface area contributed by atoms with Gasteiger partial charge in [-0.3, -0.25) is 13.9 Å². The number of aromatic amines is 1. The van der Waals surface area contributed by atoms with Crippen molar-refractivity contribution in [1.29, 1.82) is 0 Å². The summed E-state index contributed by atoms with van der Waals surface area (Å²) in [5, 5.41) is 8.72. The third-order valence-electron chi connectivity index (χ3n) is 4.08. The van der Waals surface area contributed by atoms with Gasteiger partial charge < -0.3 is 19.6 Å². The first-order valence-electron chi connectivity index (χ1n) is 7.65. The van der Waals surface area contributed by atoms with Crippen molar-refractivity contribution in [2.75, 3.05) is 13.7 Å². The average Bonchev–Trinajstić information content (AvgIpc) is 3.08. The van der Waals surface area contributed by atoms with Crippen molar-refractivity contribution in [1.82, 2.24) is 14.1 Å². The Balaban J connectivity index is 2.11. The number of ether oxygens (including phenoxy) is 2. The first kappa shape index (κ1) is 17.3. The molecule has 3 rings (SSSR count). The second-order valence-corrected chi connectivity index (χ2v) is 5.70. The van der Waals surface area contributed by atoms with Crippen LogP contribution in [0.5, 0.6) is 11.5 Å². The van der Waals surface area contributed by atoms with Crippen molar-refractivity contribution in [2.24, 2.45) is 14.1 Å². The maximum atomic E-state index is 12.3. The third-order valence-corrected chi connectivity index (χ3v) is 4.08. The van der Waals surface area contributed by atoms with Crippen molar-refractivity contribution in [3.63, 3.8) is 0 Å². The Kier molecular flexibility index (Phi) is 4.29. The highest BCUT2D eigenvalue weighted by atomic mass is 16.5. The van der Waals surface area contributed by atoms with Crippen LogP contribution in [0.15, 0.2) is 33.9 Å². The van der Waals surface area contributed by atoms with E-state index in [0.29, 0.717) is 28.0 Å². The normalized spacial score (nSPS) is 10.9. The molecule has 136 valence electrons. The van der Waals surface area contributed by atoms with Crippen LogP contribution in [0.2, 0.25) is 0 Å². The number of carboxylic acid groups (broad SMARTS) is 1. The lowest BCUT2D eigenvalue weighted by molar-refractivity contribution is -0.139. The molecule has 0 aliphatic rings. The summed E-state index contributed by atoms with van der Waals surface area (Å²) < 4.78 is 12.8. The molecule has 0 aliphatic heterocycles. The first-order chi connectivity index (χ1) is 12.3. The lowest BCUT2D eigenvalue weighted by atomic mass is 10.1. The highest BCUT2D eigenvalue weighted by Gasteiger charge is 2.14. The quantitative estimate of drug-likeness (QED) is 0.693. The number of nitrogens with zero attached hydrogens (tertiary/aromatic N) is 2. The Labute approximate surface area is 147 Å².